The molecule has 0 spiro atoms. The van der Waals surface area contributed by atoms with Crippen molar-refractivity contribution < 1.29 is 32.6 Å². The number of amides is 2. The largest absolute Gasteiger partial charge is 0.488 e. The van der Waals surface area contributed by atoms with Gasteiger partial charge in [0, 0.05) is 43.2 Å². The molecule has 3 atom stereocenters. The molecule has 220 valence electrons. The average Bonchev–Trinajstić information content (AvgIpc) is 2.92. The van der Waals surface area contributed by atoms with Gasteiger partial charge in [-0.25, -0.2) is 0 Å². The lowest BCUT2D eigenvalue weighted by atomic mass is 10.0. The van der Waals surface area contributed by atoms with Crippen molar-refractivity contribution >= 4 is 40.7 Å². The average molecular weight is 604 g/mol. The molecule has 2 amide bonds. The van der Waals surface area contributed by atoms with E-state index in [1.165, 1.54) is 0 Å². The highest BCUT2D eigenvalue weighted by Crippen LogP contribution is 2.30. The number of anilines is 1. The number of carbonyl (C=O) groups excluding carboxylic acids is 2. The second kappa shape index (κ2) is 13.9. The summed E-state index contributed by atoms with van der Waals surface area (Å²) in [7, 11) is 1.94. The molecule has 7 nitrogen and oxygen atoms in total. The maximum atomic E-state index is 13.3. The number of likely N-dealkylation sites (N-methyl/N-ethyl adjacent to an activating group) is 1. The number of alkyl halides is 3. The number of nitrogens with zero attached hydrogens (tertiary/aromatic N) is 2. The molecule has 3 rings (SSSR count). The third-order valence-electron chi connectivity index (χ3n) is 6.76. The second-order valence-corrected chi connectivity index (χ2v) is 11.1. The lowest BCUT2D eigenvalue weighted by molar-refractivity contribution is -0.142. The second-order valence-electron chi connectivity index (χ2n) is 10.3. The standard InChI is InChI=1S/C28H34Cl2F3N3O4/c1-17-13-36(18(2)16-37)27(39)12-20-11-21(34-26(38)8-9-28(31,32)33)5-7-24(20)40-25(17)15-35(3)14-19-4-6-22(29)23(30)10-19/h4-7,10-11,17-18,25,37H,8-9,12-16H2,1-3H3,(H,34,38)/t17-,18+,25-/m1/s1. The summed E-state index contributed by atoms with van der Waals surface area (Å²) in [4.78, 5) is 29.1. The van der Waals surface area contributed by atoms with E-state index in [4.69, 9.17) is 27.9 Å². The van der Waals surface area contributed by atoms with Gasteiger partial charge in [0.25, 0.3) is 0 Å². The van der Waals surface area contributed by atoms with Crippen LogP contribution in [-0.4, -0.2) is 71.8 Å². The van der Waals surface area contributed by atoms with Gasteiger partial charge in [-0.2, -0.15) is 13.2 Å². The predicted octanol–water partition coefficient (Wildman–Crippen LogP) is 5.56. The molecule has 0 aromatic heterocycles. The first-order valence-electron chi connectivity index (χ1n) is 12.9. The fourth-order valence-corrected chi connectivity index (χ4v) is 4.85. The lowest BCUT2D eigenvalue weighted by Crippen LogP contribution is -2.47. The SMILES string of the molecule is C[C@@H]1CN([C@@H](C)CO)C(=O)Cc2cc(NC(=O)CCC(F)(F)F)ccc2O[C@@H]1CN(C)Cc1ccc(Cl)c(Cl)c1. The molecule has 0 saturated heterocycles. The number of aliphatic hydroxyl groups is 1. The quantitative estimate of drug-likeness (QED) is 0.392. The number of fused-ring (bicyclic) bond motifs is 1. The first kappa shape index (κ1) is 32.0. The van der Waals surface area contributed by atoms with Crippen molar-refractivity contribution in [3.63, 3.8) is 0 Å². The number of hydrogen-bond donors (Lipinski definition) is 2. The molecular weight excluding hydrogens is 570 g/mol. The zero-order valence-electron chi connectivity index (χ0n) is 22.6. The van der Waals surface area contributed by atoms with Gasteiger partial charge < -0.3 is 20.1 Å². The van der Waals surface area contributed by atoms with Crippen molar-refractivity contribution in [3.8, 4) is 5.75 Å². The molecule has 0 radical (unpaired) electrons. The highest BCUT2D eigenvalue weighted by Gasteiger charge is 2.31. The number of aliphatic hydroxyl groups excluding tert-OH is 1. The fourth-order valence-electron chi connectivity index (χ4n) is 4.53. The maximum Gasteiger partial charge on any atom is 0.389 e. The molecule has 0 bridgehead atoms. The molecule has 40 heavy (non-hydrogen) atoms. The Kier molecular flexibility index (Phi) is 11.1. The number of carbonyl (C=O) groups is 2. The van der Waals surface area contributed by atoms with Crippen LogP contribution in [0.3, 0.4) is 0 Å². The van der Waals surface area contributed by atoms with Gasteiger partial charge >= 0.3 is 6.18 Å². The summed E-state index contributed by atoms with van der Waals surface area (Å²) in [5, 5.41) is 13.2. The zero-order valence-corrected chi connectivity index (χ0v) is 24.1. The van der Waals surface area contributed by atoms with Crippen LogP contribution in [0.4, 0.5) is 18.9 Å². The Morgan fingerprint density at radius 3 is 2.60 bits per heavy atom. The third kappa shape index (κ3) is 9.26. The van der Waals surface area contributed by atoms with Gasteiger partial charge in [-0.05, 0) is 49.9 Å². The topological polar surface area (TPSA) is 82.1 Å². The van der Waals surface area contributed by atoms with E-state index in [0.717, 1.165) is 5.56 Å². The van der Waals surface area contributed by atoms with Crippen LogP contribution in [-0.2, 0) is 22.6 Å². The van der Waals surface area contributed by atoms with Crippen molar-refractivity contribution in [3.05, 3.63) is 57.6 Å². The Hall–Kier alpha value is -2.53. The van der Waals surface area contributed by atoms with Gasteiger partial charge in [-0.1, -0.05) is 36.2 Å². The Morgan fingerprint density at radius 2 is 1.95 bits per heavy atom. The molecule has 2 aromatic carbocycles. The summed E-state index contributed by atoms with van der Waals surface area (Å²) in [6, 6.07) is 9.71. The molecule has 0 saturated carbocycles. The lowest BCUT2D eigenvalue weighted by Gasteiger charge is -2.34. The fraction of sp³-hybridized carbons (Fsp3) is 0.500. The van der Waals surface area contributed by atoms with Crippen LogP contribution in [0, 0.1) is 5.92 Å². The van der Waals surface area contributed by atoms with Gasteiger partial charge in [0.1, 0.15) is 11.9 Å². The van der Waals surface area contributed by atoms with Crippen molar-refractivity contribution in [2.45, 2.75) is 58.0 Å². The van der Waals surface area contributed by atoms with E-state index >= 15 is 0 Å². The monoisotopic (exact) mass is 603 g/mol. The highest BCUT2D eigenvalue weighted by atomic mass is 35.5. The summed E-state index contributed by atoms with van der Waals surface area (Å²) < 4.78 is 44.0. The van der Waals surface area contributed by atoms with Gasteiger partial charge in [-0.15, -0.1) is 0 Å². The molecule has 0 aliphatic carbocycles. The number of ether oxygens (including phenoxy) is 1. The van der Waals surface area contributed by atoms with Crippen LogP contribution in [0.1, 0.15) is 37.8 Å². The summed E-state index contributed by atoms with van der Waals surface area (Å²) in [5.41, 5.74) is 1.72. The van der Waals surface area contributed by atoms with Crippen LogP contribution in [0.15, 0.2) is 36.4 Å². The Labute approximate surface area is 242 Å². The van der Waals surface area contributed by atoms with Crippen LogP contribution < -0.4 is 10.1 Å². The molecule has 0 fully saturated rings. The zero-order chi connectivity index (χ0) is 29.6. The smallest absolute Gasteiger partial charge is 0.389 e. The van der Waals surface area contributed by atoms with Crippen LogP contribution in [0.25, 0.3) is 0 Å². The predicted molar refractivity (Wildman–Crippen MR) is 149 cm³/mol. The first-order valence-corrected chi connectivity index (χ1v) is 13.7. The molecular formula is C28H34Cl2F3N3O4. The molecule has 1 aliphatic heterocycles. The molecule has 12 heteroatoms. The Morgan fingerprint density at radius 1 is 1.23 bits per heavy atom. The maximum absolute atomic E-state index is 13.3. The normalized spacial score (nSPS) is 18.9. The van der Waals surface area contributed by atoms with E-state index < -0.39 is 31.0 Å². The van der Waals surface area contributed by atoms with Crippen LogP contribution in [0.2, 0.25) is 10.0 Å². The van der Waals surface area contributed by atoms with Crippen molar-refractivity contribution in [2.24, 2.45) is 5.92 Å². The molecule has 2 N–H and O–H groups in total. The van der Waals surface area contributed by atoms with E-state index in [2.05, 4.69) is 10.2 Å². The van der Waals surface area contributed by atoms with Crippen molar-refractivity contribution in [2.75, 3.05) is 32.1 Å². The summed E-state index contributed by atoms with van der Waals surface area (Å²) in [6.45, 7) is 4.92. The van der Waals surface area contributed by atoms with E-state index in [1.807, 2.05) is 20.0 Å². The number of nitrogens with one attached hydrogen (secondary N) is 1. The number of rotatable bonds is 9. The van der Waals surface area contributed by atoms with Crippen LogP contribution >= 0.6 is 23.2 Å². The summed E-state index contributed by atoms with van der Waals surface area (Å²) in [6.07, 6.45) is -6.80. The van der Waals surface area contributed by atoms with Crippen molar-refractivity contribution in [1.82, 2.24) is 9.80 Å². The van der Waals surface area contributed by atoms with Gasteiger partial charge in [-0.3, -0.25) is 14.5 Å². The van der Waals surface area contributed by atoms with Gasteiger partial charge in [0.05, 0.1) is 35.5 Å². The molecule has 1 heterocycles. The van der Waals surface area contributed by atoms with Crippen molar-refractivity contribution in [1.29, 1.82) is 0 Å². The van der Waals surface area contributed by atoms with E-state index in [-0.39, 0.29) is 36.6 Å². The summed E-state index contributed by atoms with van der Waals surface area (Å²) in [5.74, 6) is -0.691. The van der Waals surface area contributed by atoms with Crippen LogP contribution in [0.5, 0.6) is 5.75 Å². The third-order valence-corrected chi connectivity index (χ3v) is 7.50. The minimum atomic E-state index is -4.44. The first-order chi connectivity index (χ1) is 18.8. The Balaban J connectivity index is 1.85. The minimum absolute atomic E-state index is 0.0650. The van der Waals surface area contributed by atoms with Gasteiger partial charge in [0.2, 0.25) is 11.8 Å². The summed E-state index contributed by atoms with van der Waals surface area (Å²) >= 11 is 12.2. The van der Waals surface area contributed by atoms with E-state index in [9.17, 15) is 27.9 Å². The van der Waals surface area contributed by atoms with E-state index in [1.54, 1.807) is 42.2 Å². The van der Waals surface area contributed by atoms with Gasteiger partial charge in [0.15, 0.2) is 0 Å². The number of benzene rings is 2. The minimum Gasteiger partial charge on any atom is -0.488 e. The molecule has 1 aliphatic rings. The van der Waals surface area contributed by atoms with E-state index in [0.29, 0.717) is 41.0 Å². The highest BCUT2D eigenvalue weighted by molar-refractivity contribution is 6.42. The number of halogens is 5. The molecule has 0 unspecified atom stereocenters. The molecule has 2 aromatic rings. The Bertz CT molecular complexity index is 1200. The number of hydrogen-bond acceptors (Lipinski definition) is 5.